The van der Waals surface area contributed by atoms with Crippen molar-refractivity contribution < 1.29 is 9.59 Å². The minimum atomic E-state index is -0.865. The second-order valence-corrected chi connectivity index (χ2v) is 5.00. The van der Waals surface area contributed by atoms with Gasteiger partial charge in [-0.2, -0.15) is 0 Å². The number of carbonyl (C=O) groups is 2. The van der Waals surface area contributed by atoms with E-state index in [-0.39, 0.29) is 11.7 Å². The highest BCUT2D eigenvalue weighted by Gasteiger charge is 2.18. The van der Waals surface area contributed by atoms with Crippen LogP contribution in [0, 0.1) is 0 Å². The van der Waals surface area contributed by atoms with Gasteiger partial charge in [-0.25, -0.2) is 0 Å². The van der Waals surface area contributed by atoms with E-state index in [1.165, 1.54) is 7.05 Å². The quantitative estimate of drug-likeness (QED) is 0.851. The Hall–Kier alpha value is -2.17. The van der Waals surface area contributed by atoms with Gasteiger partial charge in [0.2, 0.25) is 5.91 Å². The van der Waals surface area contributed by atoms with Crippen molar-refractivity contribution in [2.75, 3.05) is 7.05 Å². The van der Waals surface area contributed by atoms with Crippen LogP contribution in [0.1, 0.15) is 27.5 Å². The van der Waals surface area contributed by atoms with E-state index in [0.717, 1.165) is 0 Å². The van der Waals surface area contributed by atoms with Crippen LogP contribution >= 0.6 is 11.6 Å². The number of ketones is 1. The zero-order valence-electron chi connectivity index (χ0n) is 11.5. The Balaban J connectivity index is 2.40. The van der Waals surface area contributed by atoms with E-state index in [4.69, 9.17) is 17.3 Å². The summed E-state index contributed by atoms with van der Waals surface area (Å²) in [5.74, 6) is -0.501. The summed E-state index contributed by atoms with van der Waals surface area (Å²) >= 11 is 6.03. The summed E-state index contributed by atoms with van der Waals surface area (Å²) in [7, 11) is 1.50. The molecule has 0 aliphatic carbocycles. The van der Waals surface area contributed by atoms with E-state index < -0.39 is 6.04 Å². The third-order valence-corrected chi connectivity index (χ3v) is 3.32. The van der Waals surface area contributed by atoms with Crippen LogP contribution in [0.3, 0.4) is 0 Å². The molecule has 0 spiro atoms. The Bertz CT molecular complexity index is 671. The fraction of sp³-hybridized carbons (Fsp3) is 0.125. The highest BCUT2D eigenvalue weighted by Crippen LogP contribution is 2.21. The Labute approximate surface area is 127 Å². The zero-order valence-corrected chi connectivity index (χ0v) is 12.2. The van der Waals surface area contributed by atoms with Crippen molar-refractivity contribution in [1.29, 1.82) is 0 Å². The molecule has 2 rings (SSSR count). The maximum Gasteiger partial charge on any atom is 0.241 e. The summed E-state index contributed by atoms with van der Waals surface area (Å²) in [5.41, 5.74) is 7.31. The number of nitrogens with one attached hydrogen (secondary N) is 1. The summed E-state index contributed by atoms with van der Waals surface area (Å²) in [6.45, 7) is 0. The lowest BCUT2D eigenvalue weighted by atomic mass is 9.98. The lowest BCUT2D eigenvalue weighted by molar-refractivity contribution is -0.121. The molecular weight excluding hydrogens is 288 g/mol. The normalized spacial score (nSPS) is 11.8. The number of halogens is 1. The fourth-order valence-corrected chi connectivity index (χ4v) is 2.23. The third-order valence-electron chi connectivity index (χ3n) is 3.11. The number of likely N-dealkylation sites (N-methyl/N-ethyl adjacent to an activating group) is 1. The third kappa shape index (κ3) is 3.48. The first kappa shape index (κ1) is 15.2. The summed E-state index contributed by atoms with van der Waals surface area (Å²) in [4.78, 5) is 24.0. The molecule has 2 aromatic carbocycles. The molecule has 0 saturated heterocycles. The predicted octanol–water partition coefficient (Wildman–Crippen LogP) is 2.32. The number of hydrogen-bond donors (Lipinski definition) is 2. The van der Waals surface area contributed by atoms with Crippen LogP contribution in [0.15, 0.2) is 48.5 Å². The molecule has 21 heavy (non-hydrogen) atoms. The molecular formula is C16H15ClN2O2. The number of amides is 1. The summed E-state index contributed by atoms with van der Waals surface area (Å²) < 4.78 is 0. The fourth-order valence-electron chi connectivity index (χ4n) is 1.99. The molecule has 0 aromatic heterocycles. The predicted molar refractivity (Wildman–Crippen MR) is 82.3 cm³/mol. The Morgan fingerprint density at radius 1 is 1.10 bits per heavy atom. The van der Waals surface area contributed by atoms with Gasteiger partial charge in [0.1, 0.15) is 6.04 Å². The van der Waals surface area contributed by atoms with Crippen LogP contribution < -0.4 is 11.1 Å². The molecule has 2 aromatic rings. The van der Waals surface area contributed by atoms with E-state index in [9.17, 15) is 9.59 Å². The molecule has 5 heteroatoms. The second kappa shape index (κ2) is 6.52. The van der Waals surface area contributed by atoms with Gasteiger partial charge in [0, 0.05) is 23.2 Å². The van der Waals surface area contributed by atoms with Crippen molar-refractivity contribution in [3.63, 3.8) is 0 Å². The van der Waals surface area contributed by atoms with Gasteiger partial charge in [0.15, 0.2) is 5.78 Å². The first-order valence-electron chi connectivity index (χ1n) is 6.40. The van der Waals surface area contributed by atoms with E-state index in [1.54, 1.807) is 42.5 Å². The monoisotopic (exact) mass is 302 g/mol. The SMILES string of the molecule is CNC(=O)C(N)c1cc(Cl)cc(C(=O)c2ccccc2)c1. The molecule has 0 bridgehead atoms. The van der Waals surface area contributed by atoms with Gasteiger partial charge >= 0.3 is 0 Å². The largest absolute Gasteiger partial charge is 0.358 e. The van der Waals surface area contributed by atoms with Crippen LogP contribution in [-0.4, -0.2) is 18.7 Å². The van der Waals surface area contributed by atoms with Crippen LogP contribution in [0.25, 0.3) is 0 Å². The number of rotatable bonds is 4. The second-order valence-electron chi connectivity index (χ2n) is 4.56. The van der Waals surface area contributed by atoms with E-state index in [2.05, 4.69) is 5.32 Å². The Morgan fingerprint density at radius 3 is 2.38 bits per heavy atom. The molecule has 4 nitrogen and oxygen atoms in total. The Morgan fingerprint density at radius 2 is 1.76 bits per heavy atom. The van der Waals surface area contributed by atoms with Gasteiger partial charge < -0.3 is 11.1 Å². The highest BCUT2D eigenvalue weighted by atomic mass is 35.5. The lowest BCUT2D eigenvalue weighted by Gasteiger charge is -2.12. The van der Waals surface area contributed by atoms with Gasteiger partial charge in [-0.15, -0.1) is 0 Å². The van der Waals surface area contributed by atoms with Crippen molar-refractivity contribution >= 4 is 23.3 Å². The molecule has 0 heterocycles. The standard InChI is InChI=1S/C16H15ClN2O2/c1-19-16(21)14(18)11-7-12(9-13(17)8-11)15(20)10-5-3-2-4-6-10/h2-9,14H,18H2,1H3,(H,19,21). The number of hydrogen-bond acceptors (Lipinski definition) is 3. The van der Waals surface area contributed by atoms with Crippen molar-refractivity contribution in [2.24, 2.45) is 5.73 Å². The van der Waals surface area contributed by atoms with E-state index in [1.807, 2.05) is 6.07 Å². The lowest BCUT2D eigenvalue weighted by Crippen LogP contribution is -2.31. The zero-order chi connectivity index (χ0) is 15.4. The number of benzene rings is 2. The van der Waals surface area contributed by atoms with Gasteiger partial charge in [-0.1, -0.05) is 41.9 Å². The van der Waals surface area contributed by atoms with Gasteiger partial charge in [0.05, 0.1) is 0 Å². The van der Waals surface area contributed by atoms with Crippen molar-refractivity contribution in [3.8, 4) is 0 Å². The van der Waals surface area contributed by atoms with Crippen LogP contribution in [-0.2, 0) is 4.79 Å². The molecule has 0 fully saturated rings. The van der Waals surface area contributed by atoms with Crippen molar-refractivity contribution in [1.82, 2.24) is 5.32 Å². The van der Waals surface area contributed by atoms with E-state index in [0.29, 0.717) is 21.7 Å². The maximum atomic E-state index is 12.4. The molecule has 0 saturated carbocycles. The van der Waals surface area contributed by atoms with Crippen LogP contribution in [0.4, 0.5) is 0 Å². The van der Waals surface area contributed by atoms with Crippen LogP contribution in [0.5, 0.6) is 0 Å². The van der Waals surface area contributed by atoms with Crippen LogP contribution in [0.2, 0.25) is 5.02 Å². The average Bonchev–Trinajstić information content (AvgIpc) is 2.52. The summed E-state index contributed by atoms with van der Waals surface area (Å²) in [5, 5.41) is 2.84. The van der Waals surface area contributed by atoms with Gasteiger partial charge in [-0.05, 0) is 23.8 Å². The first-order valence-corrected chi connectivity index (χ1v) is 6.78. The Kier molecular flexibility index (Phi) is 4.73. The molecule has 1 unspecified atom stereocenters. The molecule has 108 valence electrons. The number of carbonyl (C=O) groups excluding carboxylic acids is 2. The van der Waals surface area contributed by atoms with Gasteiger partial charge in [0.25, 0.3) is 0 Å². The molecule has 1 amide bonds. The summed E-state index contributed by atoms with van der Waals surface area (Å²) in [6.07, 6.45) is 0. The molecule has 0 radical (unpaired) electrons. The number of nitrogens with two attached hydrogens (primary N) is 1. The molecule has 0 aliphatic heterocycles. The first-order chi connectivity index (χ1) is 10.0. The minimum absolute atomic E-state index is 0.163. The van der Waals surface area contributed by atoms with Crippen molar-refractivity contribution in [3.05, 3.63) is 70.2 Å². The molecule has 1 atom stereocenters. The summed E-state index contributed by atoms with van der Waals surface area (Å²) in [6, 6.07) is 12.7. The van der Waals surface area contributed by atoms with E-state index >= 15 is 0 Å². The maximum absolute atomic E-state index is 12.4. The van der Waals surface area contributed by atoms with Gasteiger partial charge in [-0.3, -0.25) is 9.59 Å². The molecule has 3 N–H and O–H groups in total. The highest BCUT2D eigenvalue weighted by molar-refractivity contribution is 6.31. The smallest absolute Gasteiger partial charge is 0.241 e. The minimum Gasteiger partial charge on any atom is -0.358 e. The molecule has 0 aliphatic rings. The van der Waals surface area contributed by atoms with Crippen molar-refractivity contribution in [2.45, 2.75) is 6.04 Å². The topological polar surface area (TPSA) is 72.2 Å². The average molecular weight is 303 g/mol.